The second-order valence-electron chi connectivity index (χ2n) is 4.67. The summed E-state index contributed by atoms with van der Waals surface area (Å²) in [6.45, 7) is 1.86. The van der Waals surface area contributed by atoms with Crippen molar-refractivity contribution < 1.29 is 24.3 Å². The highest BCUT2D eigenvalue weighted by Gasteiger charge is 2.51. The fraction of sp³-hybridized carbons (Fsp3) is 0.800. The summed E-state index contributed by atoms with van der Waals surface area (Å²) in [6, 6.07) is 0. The molecule has 0 fully saturated rings. The van der Waals surface area contributed by atoms with Gasteiger partial charge in [-0.05, 0) is 6.42 Å². The fourth-order valence-corrected chi connectivity index (χ4v) is 1.79. The molecule has 0 aromatic rings. The van der Waals surface area contributed by atoms with Gasteiger partial charge in [-0.3, -0.25) is 4.79 Å². The normalized spacial score (nSPS) is 15.7. The van der Waals surface area contributed by atoms with Crippen molar-refractivity contribution in [1.82, 2.24) is 0 Å². The maximum atomic E-state index is 11.3. The molecule has 0 aliphatic rings. The lowest BCUT2D eigenvalue weighted by atomic mass is 9.86. The third-order valence-corrected chi connectivity index (χ3v) is 2.79. The molecule has 2 N–H and O–H groups in total. The third kappa shape index (κ3) is 2.92. The summed E-state index contributed by atoms with van der Waals surface area (Å²) in [5.41, 5.74) is -1.24. The molecule has 0 saturated carbocycles. The number of carboxylic acids is 2. The zero-order chi connectivity index (χ0) is 12.3. The molecule has 0 aliphatic heterocycles. The van der Waals surface area contributed by atoms with E-state index >= 15 is 0 Å². The Morgan fingerprint density at radius 1 is 1.20 bits per heavy atom. The number of hydrogen-bond donors (Lipinski definition) is 2. The quantitative estimate of drug-likeness (QED) is 0.646. The molecule has 88 valence electrons. The molecule has 0 aromatic heterocycles. The van der Waals surface area contributed by atoms with Gasteiger partial charge in [0.1, 0.15) is 6.42 Å². The van der Waals surface area contributed by atoms with Crippen LogP contribution in [0.4, 0.5) is 0 Å². The minimum atomic E-state index is -1.24. The first-order valence-corrected chi connectivity index (χ1v) is 4.94. The Balaban J connectivity index is 5.27. The monoisotopic (exact) mass is 218 g/mol. The minimum Gasteiger partial charge on any atom is -0.481 e. The number of nitrogens with zero attached hydrogens (tertiary/aromatic N) is 1. The van der Waals surface area contributed by atoms with Crippen LogP contribution in [0.5, 0.6) is 0 Å². The van der Waals surface area contributed by atoms with Gasteiger partial charge < -0.3 is 14.7 Å². The van der Waals surface area contributed by atoms with E-state index < -0.39 is 17.5 Å². The SMILES string of the molecule is CCCC(CC(=O)O)(C(=O)O)[N+](C)(C)C. The smallest absolute Gasteiger partial charge is 0.366 e. The zero-order valence-electron chi connectivity index (χ0n) is 9.78. The molecule has 0 bridgehead atoms. The number of rotatable bonds is 6. The van der Waals surface area contributed by atoms with Gasteiger partial charge in [0.25, 0.3) is 0 Å². The molecule has 0 radical (unpaired) electrons. The van der Waals surface area contributed by atoms with Crippen molar-refractivity contribution in [3.63, 3.8) is 0 Å². The van der Waals surface area contributed by atoms with Crippen molar-refractivity contribution >= 4 is 11.9 Å². The van der Waals surface area contributed by atoms with Gasteiger partial charge in [-0.25, -0.2) is 4.79 Å². The van der Waals surface area contributed by atoms with Crippen LogP contribution in [0.1, 0.15) is 26.2 Å². The largest absolute Gasteiger partial charge is 0.481 e. The maximum Gasteiger partial charge on any atom is 0.366 e. The summed E-state index contributed by atoms with van der Waals surface area (Å²) in [7, 11) is 5.14. The van der Waals surface area contributed by atoms with E-state index in [1.165, 1.54) is 0 Å². The van der Waals surface area contributed by atoms with Crippen LogP contribution in [0.3, 0.4) is 0 Å². The van der Waals surface area contributed by atoms with E-state index in [1.807, 2.05) is 6.92 Å². The summed E-state index contributed by atoms with van der Waals surface area (Å²) in [6.07, 6.45) is 0.660. The highest BCUT2D eigenvalue weighted by atomic mass is 16.4. The predicted molar refractivity (Wildman–Crippen MR) is 55.6 cm³/mol. The topological polar surface area (TPSA) is 74.6 Å². The van der Waals surface area contributed by atoms with Gasteiger partial charge in [-0.15, -0.1) is 0 Å². The van der Waals surface area contributed by atoms with Gasteiger partial charge in [-0.1, -0.05) is 6.92 Å². The Hall–Kier alpha value is -1.10. The number of hydrogen-bond acceptors (Lipinski definition) is 2. The second-order valence-corrected chi connectivity index (χ2v) is 4.67. The average Bonchev–Trinajstić information content (AvgIpc) is 1.99. The molecule has 5 nitrogen and oxygen atoms in total. The number of quaternary nitrogens is 1. The van der Waals surface area contributed by atoms with Gasteiger partial charge in [-0.2, -0.15) is 0 Å². The summed E-state index contributed by atoms with van der Waals surface area (Å²) in [5, 5.41) is 18.1. The van der Waals surface area contributed by atoms with Crippen molar-refractivity contribution in [2.75, 3.05) is 21.1 Å². The Kier molecular flexibility index (Phi) is 4.27. The lowest BCUT2D eigenvalue weighted by Gasteiger charge is -2.42. The van der Waals surface area contributed by atoms with Gasteiger partial charge in [0, 0.05) is 6.42 Å². The average molecular weight is 218 g/mol. The van der Waals surface area contributed by atoms with Crippen molar-refractivity contribution in [3.05, 3.63) is 0 Å². The summed E-state index contributed by atoms with van der Waals surface area (Å²) >= 11 is 0. The van der Waals surface area contributed by atoms with Crippen LogP contribution in [0.25, 0.3) is 0 Å². The summed E-state index contributed by atoms with van der Waals surface area (Å²) in [5.74, 6) is -2.11. The predicted octanol–water partition coefficient (Wildman–Crippen LogP) is 0.791. The van der Waals surface area contributed by atoms with Crippen molar-refractivity contribution in [2.24, 2.45) is 0 Å². The van der Waals surface area contributed by atoms with E-state index in [0.29, 0.717) is 12.8 Å². The first kappa shape index (κ1) is 13.9. The second kappa shape index (κ2) is 4.61. The van der Waals surface area contributed by atoms with Crippen LogP contribution < -0.4 is 0 Å². The number of carboxylic acid groups (broad SMARTS) is 2. The molecule has 5 heteroatoms. The van der Waals surface area contributed by atoms with Crippen LogP contribution in [0.2, 0.25) is 0 Å². The molecule has 15 heavy (non-hydrogen) atoms. The Bertz CT molecular complexity index is 257. The fourth-order valence-electron chi connectivity index (χ4n) is 1.79. The van der Waals surface area contributed by atoms with E-state index in [4.69, 9.17) is 5.11 Å². The summed E-state index contributed by atoms with van der Waals surface area (Å²) < 4.78 is 0.114. The number of aliphatic carboxylic acids is 2. The third-order valence-electron chi connectivity index (χ3n) is 2.79. The molecule has 1 unspecified atom stereocenters. The van der Waals surface area contributed by atoms with Crippen LogP contribution in [0.15, 0.2) is 0 Å². The van der Waals surface area contributed by atoms with E-state index in [0.717, 1.165) is 0 Å². The standard InChI is InChI=1S/C10H19NO4/c1-5-6-10(9(14)15,7-8(12)13)11(2,3)4/h5-7H2,1-4H3,(H-,12,13,14,15)/p+1. The molecule has 0 spiro atoms. The zero-order valence-corrected chi connectivity index (χ0v) is 9.78. The van der Waals surface area contributed by atoms with E-state index in [2.05, 4.69) is 0 Å². The lowest BCUT2D eigenvalue weighted by Crippen LogP contribution is -2.62. The molecule has 1 atom stereocenters. The van der Waals surface area contributed by atoms with E-state index in [1.54, 1.807) is 21.1 Å². The van der Waals surface area contributed by atoms with Crippen LogP contribution in [-0.2, 0) is 9.59 Å². The summed E-state index contributed by atoms with van der Waals surface area (Å²) in [4.78, 5) is 22.1. The molecule has 0 amide bonds. The molecular formula is C10H20NO4+. The van der Waals surface area contributed by atoms with Crippen molar-refractivity contribution in [1.29, 1.82) is 0 Å². The van der Waals surface area contributed by atoms with Crippen molar-refractivity contribution in [3.8, 4) is 0 Å². The highest BCUT2D eigenvalue weighted by molar-refractivity contribution is 5.83. The first-order chi connectivity index (χ1) is 6.67. The van der Waals surface area contributed by atoms with Crippen LogP contribution in [0, 0.1) is 0 Å². The van der Waals surface area contributed by atoms with Gasteiger partial charge in [0.2, 0.25) is 5.54 Å². The van der Waals surface area contributed by atoms with Crippen molar-refractivity contribution in [2.45, 2.75) is 31.7 Å². The molecule has 0 rings (SSSR count). The molecular weight excluding hydrogens is 198 g/mol. The highest BCUT2D eigenvalue weighted by Crippen LogP contribution is 2.29. The lowest BCUT2D eigenvalue weighted by molar-refractivity contribution is -0.914. The molecule has 0 saturated heterocycles. The number of likely N-dealkylation sites (N-methyl/N-ethyl adjacent to an activating group) is 1. The Labute approximate surface area is 89.9 Å². The van der Waals surface area contributed by atoms with E-state index in [-0.39, 0.29) is 10.9 Å². The maximum absolute atomic E-state index is 11.3. The van der Waals surface area contributed by atoms with Gasteiger partial charge in [0.05, 0.1) is 21.1 Å². The van der Waals surface area contributed by atoms with Gasteiger partial charge >= 0.3 is 11.9 Å². The Morgan fingerprint density at radius 2 is 1.67 bits per heavy atom. The van der Waals surface area contributed by atoms with E-state index in [9.17, 15) is 14.7 Å². The van der Waals surface area contributed by atoms with Crippen LogP contribution in [-0.4, -0.2) is 53.3 Å². The molecule has 0 aromatic carbocycles. The first-order valence-electron chi connectivity index (χ1n) is 4.94. The Morgan fingerprint density at radius 3 is 1.87 bits per heavy atom. The van der Waals surface area contributed by atoms with Crippen LogP contribution >= 0.6 is 0 Å². The number of carbonyl (C=O) groups is 2. The molecule has 0 aliphatic carbocycles. The molecule has 0 heterocycles. The minimum absolute atomic E-state index is 0.114. The van der Waals surface area contributed by atoms with Gasteiger partial charge in [0.15, 0.2) is 0 Å².